The molecule has 0 aliphatic carbocycles. The molecule has 0 saturated heterocycles. The van der Waals surface area contributed by atoms with Crippen LogP contribution in [0.25, 0.3) is 10.4 Å². The Hall–Kier alpha value is -2.31. The highest BCUT2D eigenvalue weighted by Crippen LogP contribution is 2.21. The van der Waals surface area contributed by atoms with Gasteiger partial charge in [-0.3, -0.25) is 0 Å². The molecule has 0 bridgehead atoms. The van der Waals surface area contributed by atoms with Gasteiger partial charge in [-0.2, -0.15) is 0 Å². The average Bonchev–Trinajstić information content (AvgIpc) is 2.41. The number of carbonyl (C=O) groups excluding carboxylic acids is 1. The van der Waals surface area contributed by atoms with Crippen LogP contribution in [0.15, 0.2) is 23.3 Å². The van der Waals surface area contributed by atoms with Gasteiger partial charge in [-0.1, -0.05) is 5.11 Å². The summed E-state index contributed by atoms with van der Waals surface area (Å²) < 4.78 is 18.3. The molecule has 0 fully saturated rings. The summed E-state index contributed by atoms with van der Waals surface area (Å²) in [5.41, 5.74) is 8.44. The molecule has 114 valence electrons. The molecular formula is C13H17FN4O3. The first-order valence-electron chi connectivity index (χ1n) is 6.48. The van der Waals surface area contributed by atoms with Gasteiger partial charge in [-0.25, -0.2) is 9.18 Å². The fraction of sp³-hybridized carbons (Fsp3) is 0.462. The summed E-state index contributed by atoms with van der Waals surface area (Å²) in [6.45, 7) is 2.52. The lowest BCUT2D eigenvalue weighted by Gasteiger charge is -2.17. The number of halogens is 1. The van der Waals surface area contributed by atoms with Crippen molar-refractivity contribution in [3.05, 3.63) is 40.0 Å². The minimum absolute atomic E-state index is 0.192. The zero-order valence-electron chi connectivity index (χ0n) is 11.6. The first-order valence-corrected chi connectivity index (χ1v) is 6.48. The van der Waals surface area contributed by atoms with Gasteiger partial charge in [0.1, 0.15) is 17.6 Å². The Morgan fingerprint density at radius 3 is 2.95 bits per heavy atom. The second-order valence-electron chi connectivity index (χ2n) is 4.19. The van der Waals surface area contributed by atoms with Gasteiger partial charge in [0, 0.05) is 17.5 Å². The standard InChI is InChI=1S/C13H17FN4O3/c1-2-21-13(20)12(16-4-3-5-17-18-15)9-6-10(14)8-11(19)7-9/h6-8,12,16,19H,2-5H2,1H3. The van der Waals surface area contributed by atoms with Crippen molar-refractivity contribution in [2.75, 3.05) is 19.7 Å². The van der Waals surface area contributed by atoms with Crippen LogP contribution in [0.3, 0.4) is 0 Å². The van der Waals surface area contributed by atoms with E-state index in [9.17, 15) is 14.3 Å². The Morgan fingerprint density at radius 2 is 2.33 bits per heavy atom. The molecule has 1 unspecified atom stereocenters. The minimum Gasteiger partial charge on any atom is -0.508 e. The van der Waals surface area contributed by atoms with E-state index in [0.29, 0.717) is 13.0 Å². The zero-order valence-corrected chi connectivity index (χ0v) is 11.6. The van der Waals surface area contributed by atoms with Crippen LogP contribution in [0.1, 0.15) is 24.9 Å². The third-order valence-electron chi connectivity index (χ3n) is 2.61. The van der Waals surface area contributed by atoms with Crippen LogP contribution in [0, 0.1) is 5.82 Å². The lowest BCUT2D eigenvalue weighted by Crippen LogP contribution is -2.31. The molecule has 0 aliphatic heterocycles. The summed E-state index contributed by atoms with van der Waals surface area (Å²) in [7, 11) is 0. The monoisotopic (exact) mass is 296 g/mol. The van der Waals surface area contributed by atoms with E-state index in [2.05, 4.69) is 15.3 Å². The van der Waals surface area contributed by atoms with Gasteiger partial charge in [-0.15, -0.1) is 0 Å². The van der Waals surface area contributed by atoms with Gasteiger partial charge in [0.15, 0.2) is 0 Å². The van der Waals surface area contributed by atoms with Crippen LogP contribution in [0.2, 0.25) is 0 Å². The molecule has 2 N–H and O–H groups in total. The minimum atomic E-state index is -0.891. The first kappa shape index (κ1) is 16.7. The lowest BCUT2D eigenvalue weighted by atomic mass is 10.1. The van der Waals surface area contributed by atoms with Crippen LogP contribution in [-0.2, 0) is 9.53 Å². The van der Waals surface area contributed by atoms with Gasteiger partial charge < -0.3 is 15.2 Å². The summed E-state index contributed by atoms with van der Waals surface area (Å²) in [6, 6.07) is 2.51. The first-order chi connectivity index (χ1) is 10.1. The number of hydrogen-bond acceptors (Lipinski definition) is 5. The van der Waals surface area contributed by atoms with Crippen LogP contribution >= 0.6 is 0 Å². The molecule has 0 spiro atoms. The van der Waals surface area contributed by atoms with Crippen molar-refractivity contribution < 1.29 is 19.0 Å². The number of phenolic OH excluding ortho intramolecular Hbond substituents is 1. The maximum Gasteiger partial charge on any atom is 0.327 e. The quantitative estimate of drug-likeness (QED) is 0.252. The third kappa shape index (κ3) is 5.68. The van der Waals surface area contributed by atoms with E-state index in [1.807, 2.05) is 0 Å². The van der Waals surface area contributed by atoms with Crippen molar-refractivity contribution in [3.63, 3.8) is 0 Å². The van der Waals surface area contributed by atoms with Crippen molar-refractivity contribution in [3.8, 4) is 5.75 Å². The molecule has 1 atom stereocenters. The average molecular weight is 296 g/mol. The number of phenols is 1. The molecule has 21 heavy (non-hydrogen) atoms. The smallest absolute Gasteiger partial charge is 0.327 e. The number of nitrogens with one attached hydrogen (secondary N) is 1. The molecule has 1 aromatic rings. The molecule has 0 heterocycles. The number of carbonyl (C=O) groups is 1. The molecule has 0 aliphatic rings. The van der Waals surface area contributed by atoms with Crippen molar-refractivity contribution in [2.24, 2.45) is 5.11 Å². The van der Waals surface area contributed by atoms with Crippen molar-refractivity contribution >= 4 is 5.97 Å². The SMILES string of the molecule is CCOC(=O)C(NCCCN=[N+]=[N-])c1cc(O)cc(F)c1. The molecule has 1 rings (SSSR count). The molecule has 0 amide bonds. The molecular weight excluding hydrogens is 279 g/mol. The lowest BCUT2D eigenvalue weighted by molar-refractivity contribution is -0.145. The molecule has 0 radical (unpaired) electrons. The molecule has 0 aromatic heterocycles. The Morgan fingerprint density at radius 1 is 1.57 bits per heavy atom. The summed E-state index contributed by atoms with van der Waals surface area (Å²) in [5.74, 6) is -1.48. The van der Waals surface area contributed by atoms with Crippen LogP contribution in [0.4, 0.5) is 4.39 Å². The molecule has 1 aromatic carbocycles. The van der Waals surface area contributed by atoms with E-state index in [0.717, 1.165) is 12.1 Å². The fourth-order valence-corrected chi connectivity index (χ4v) is 1.77. The van der Waals surface area contributed by atoms with E-state index < -0.39 is 17.8 Å². The normalized spacial score (nSPS) is 11.5. The van der Waals surface area contributed by atoms with Crippen molar-refractivity contribution in [2.45, 2.75) is 19.4 Å². The highest BCUT2D eigenvalue weighted by molar-refractivity contribution is 5.77. The van der Waals surface area contributed by atoms with Crippen molar-refractivity contribution in [1.82, 2.24) is 5.32 Å². The maximum atomic E-state index is 13.3. The van der Waals surface area contributed by atoms with Gasteiger partial charge in [0.25, 0.3) is 0 Å². The van der Waals surface area contributed by atoms with E-state index in [1.54, 1.807) is 6.92 Å². The highest BCUT2D eigenvalue weighted by Gasteiger charge is 2.22. The van der Waals surface area contributed by atoms with E-state index in [4.69, 9.17) is 10.3 Å². The van der Waals surface area contributed by atoms with Crippen LogP contribution < -0.4 is 5.32 Å². The van der Waals surface area contributed by atoms with Crippen LogP contribution in [-0.4, -0.2) is 30.8 Å². The number of hydrogen-bond donors (Lipinski definition) is 2. The van der Waals surface area contributed by atoms with E-state index in [1.165, 1.54) is 6.07 Å². The zero-order chi connectivity index (χ0) is 15.7. The summed E-state index contributed by atoms with van der Waals surface area (Å²) in [6.07, 6.45) is 0.515. The maximum absolute atomic E-state index is 13.3. The number of rotatable bonds is 8. The number of benzene rings is 1. The predicted molar refractivity (Wildman–Crippen MR) is 74.1 cm³/mol. The Labute approximate surface area is 121 Å². The number of aromatic hydroxyl groups is 1. The Kier molecular flexibility index (Phi) is 7.00. The predicted octanol–water partition coefficient (Wildman–Crippen LogP) is 2.43. The number of nitrogens with zero attached hydrogens (tertiary/aromatic N) is 3. The molecule has 7 nitrogen and oxygen atoms in total. The van der Waals surface area contributed by atoms with Crippen LogP contribution in [0.5, 0.6) is 5.75 Å². The van der Waals surface area contributed by atoms with Gasteiger partial charge in [0.2, 0.25) is 0 Å². The second-order valence-corrected chi connectivity index (χ2v) is 4.19. The summed E-state index contributed by atoms with van der Waals surface area (Å²) in [5, 5.41) is 15.7. The topological polar surface area (TPSA) is 107 Å². The molecule has 8 heteroatoms. The van der Waals surface area contributed by atoms with Crippen molar-refractivity contribution in [1.29, 1.82) is 0 Å². The number of esters is 1. The van der Waals surface area contributed by atoms with Gasteiger partial charge in [-0.05, 0) is 43.1 Å². The van der Waals surface area contributed by atoms with E-state index in [-0.39, 0.29) is 24.5 Å². The Balaban J connectivity index is 2.80. The Bertz CT molecular complexity index is 512. The van der Waals surface area contributed by atoms with Gasteiger partial charge in [0.05, 0.1) is 6.61 Å². The third-order valence-corrected chi connectivity index (χ3v) is 2.61. The van der Waals surface area contributed by atoms with E-state index >= 15 is 0 Å². The number of ether oxygens (including phenoxy) is 1. The molecule has 0 saturated carbocycles. The van der Waals surface area contributed by atoms with Gasteiger partial charge >= 0.3 is 5.97 Å². The highest BCUT2D eigenvalue weighted by atomic mass is 19.1. The second kappa shape index (κ2) is 8.78. The summed E-state index contributed by atoms with van der Waals surface area (Å²) >= 11 is 0. The largest absolute Gasteiger partial charge is 0.508 e. The number of azide groups is 1. The fourth-order valence-electron chi connectivity index (χ4n) is 1.77. The summed E-state index contributed by atoms with van der Waals surface area (Å²) in [4.78, 5) is 14.5.